The van der Waals surface area contributed by atoms with Gasteiger partial charge in [0.25, 0.3) is 0 Å². The molecule has 2 aliphatic rings. The van der Waals surface area contributed by atoms with Crippen LogP contribution in [0.5, 0.6) is 5.75 Å². The fourth-order valence-electron chi connectivity index (χ4n) is 7.14. The highest BCUT2D eigenvalue weighted by molar-refractivity contribution is 7.92. The first-order chi connectivity index (χ1) is 29.1. The van der Waals surface area contributed by atoms with Crippen molar-refractivity contribution < 1.29 is 46.2 Å². The number of nitrogens with one attached hydrogen (secondary N) is 2. The molecular weight excluding hydrogens is 818 g/mol. The van der Waals surface area contributed by atoms with Crippen molar-refractivity contribution in [1.82, 2.24) is 9.88 Å². The lowest BCUT2D eigenvalue weighted by Crippen LogP contribution is -2.44. The van der Waals surface area contributed by atoms with Gasteiger partial charge in [0.05, 0.1) is 22.9 Å². The van der Waals surface area contributed by atoms with Gasteiger partial charge in [-0.25, -0.2) is 27.4 Å². The van der Waals surface area contributed by atoms with E-state index in [1.807, 2.05) is 13.0 Å². The molecule has 4 aromatic rings. The van der Waals surface area contributed by atoms with Gasteiger partial charge in [-0.3, -0.25) is 9.59 Å². The Kier molecular flexibility index (Phi) is 13.2. The molecule has 6 rings (SSSR count). The molecule has 1 saturated carbocycles. The van der Waals surface area contributed by atoms with Gasteiger partial charge >= 0.3 is 12.2 Å². The number of hydrogen-bond acceptors (Lipinski definition) is 11. The number of nitrogens with zero attached hydrogens (tertiary/aromatic N) is 3. The number of sulfone groups is 1. The van der Waals surface area contributed by atoms with Crippen LogP contribution in [0.4, 0.5) is 31.2 Å². The number of pyridine rings is 1. The number of anilines is 3. The largest absolute Gasteiger partial charge is 0.493 e. The van der Waals surface area contributed by atoms with Crippen LogP contribution in [0.3, 0.4) is 0 Å². The van der Waals surface area contributed by atoms with E-state index < -0.39 is 56.2 Å². The van der Waals surface area contributed by atoms with Crippen molar-refractivity contribution in [2.24, 2.45) is 0 Å². The summed E-state index contributed by atoms with van der Waals surface area (Å²) in [4.78, 5) is 61.7. The number of carbonyl (C=O) groups excluding carboxylic acids is 4. The molecule has 1 aliphatic carbocycles. The molecule has 14 nitrogen and oxygen atoms in total. The first kappa shape index (κ1) is 45.7. The van der Waals surface area contributed by atoms with E-state index in [9.17, 15) is 27.6 Å². The minimum absolute atomic E-state index is 0.0365. The van der Waals surface area contributed by atoms with Gasteiger partial charge in [-0.05, 0) is 132 Å². The summed E-state index contributed by atoms with van der Waals surface area (Å²) in [6.07, 6.45) is 1.59. The second-order valence-electron chi connectivity index (χ2n) is 18.0. The molecule has 16 heteroatoms. The molecule has 0 spiro atoms. The molecule has 0 saturated heterocycles. The van der Waals surface area contributed by atoms with Gasteiger partial charge in [-0.2, -0.15) is 4.90 Å². The summed E-state index contributed by atoms with van der Waals surface area (Å²) < 4.78 is 60.4. The number of ether oxygens (including phenoxy) is 3. The zero-order valence-electron chi connectivity index (χ0n) is 36.8. The van der Waals surface area contributed by atoms with Gasteiger partial charge in [0.15, 0.2) is 15.7 Å². The number of halogens is 1. The van der Waals surface area contributed by atoms with Crippen LogP contribution in [-0.2, 0) is 35.4 Å². The third-order valence-electron chi connectivity index (χ3n) is 10.3. The van der Waals surface area contributed by atoms with Crippen LogP contribution >= 0.6 is 0 Å². The highest BCUT2D eigenvalue weighted by atomic mass is 32.2. The molecule has 3 aromatic carbocycles. The predicted molar refractivity (Wildman–Crippen MR) is 235 cm³/mol. The van der Waals surface area contributed by atoms with Crippen LogP contribution in [0, 0.1) is 5.82 Å². The summed E-state index contributed by atoms with van der Waals surface area (Å²) in [5.41, 5.74) is 0.230. The Morgan fingerprint density at radius 3 is 2.26 bits per heavy atom. The minimum atomic E-state index is -3.70. The van der Waals surface area contributed by atoms with Crippen molar-refractivity contribution >= 4 is 61.8 Å². The third-order valence-corrected chi connectivity index (χ3v) is 12.6. The Bertz CT molecular complexity index is 2470. The number of likely N-dealkylation sites (N-methyl/N-ethyl adjacent to an activating group) is 1. The summed E-state index contributed by atoms with van der Waals surface area (Å²) in [6, 6.07) is 13.3. The molecule has 1 fully saturated rings. The maximum atomic E-state index is 15.8. The van der Waals surface area contributed by atoms with Gasteiger partial charge in [0, 0.05) is 42.2 Å². The van der Waals surface area contributed by atoms with Crippen LogP contribution in [0.15, 0.2) is 65.7 Å². The van der Waals surface area contributed by atoms with Crippen molar-refractivity contribution in [3.63, 3.8) is 0 Å². The predicted octanol–water partition coefficient (Wildman–Crippen LogP) is 9.42. The van der Waals surface area contributed by atoms with E-state index in [4.69, 9.17) is 14.2 Å². The van der Waals surface area contributed by atoms with E-state index >= 15 is 4.39 Å². The zero-order valence-corrected chi connectivity index (χ0v) is 37.6. The standard InChI is InChI=1S/C46H56FN5O9S/c1-10-11-20-59-37-18-12-28-23-34(37)27(2)21-39(53)49-30-14-19-38(62(57,58)32-15-16-32)29(22-30)26-51(9)42(54)40(28)50-31-13-17-33-35(24-31)36(47)25-48-41(33)52(43(55)60-45(3,4)5)44(56)61-46(6,7)8/h12-14,17-19,22-25,27,32,40,50H,10-11,15-16,20-21,26H2,1-9H3,(H,49,53)/t27-,40?/m1/s1. The maximum Gasteiger partial charge on any atom is 0.425 e. The van der Waals surface area contributed by atoms with Crippen molar-refractivity contribution in [2.45, 2.75) is 127 Å². The van der Waals surface area contributed by atoms with Gasteiger partial charge in [0.2, 0.25) is 11.8 Å². The summed E-state index contributed by atoms with van der Waals surface area (Å²) in [7, 11) is -2.14. The van der Waals surface area contributed by atoms with E-state index in [0.717, 1.165) is 19.0 Å². The molecule has 332 valence electrons. The normalized spacial score (nSPS) is 17.5. The van der Waals surface area contributed by atoms with Gasteiger partial charge in [-0.1, -0.05) is 26.3 Å². The summed E-state index contributed by atoms with van der Waals surface area (Å²) >= 11 is 0. The van der Waals surface area contributed by atoms with Gasteiger partial charge in [-0.15, -0.1) is 0 Å². The topological polar surface area (TPSA) is 174 Å². The van der Waals surface area contributed by atoms with E-state index in [-0.39, 0.29) is 46.3 Å². The van der Waals surface area contributed by atoms with Crippen molar-refractivity contribution in [1.29, 1.82) is 0 Å². The molecular formula is C46H56FN5O9S. The lowest BCUT2D eigenvalue weighted by atomic mass is 9.92. The number of carbonyl (C=O) groups is 4. The molecule has 1 aliphatic heterocycles. The highest BCUT2D eigenvalue weighted by Gasteiger charge is 2.39. The second kappa shape index (κ2) is 17.9. The Labute approximate surface area is 362 Å². The number of imide groups is 1. The number of unbranched alkanes of at least 4 members (excludes halogenated alkanes) is 1. The van der Waals surface area contributed by atoms with Crippen molar-refractivity contribution in [2.75, 3.05) is 29.2 Å². The number of amides is 4. The van der Waals surface area contributed by atoms with Crippen molar-refractivity contribution in [3.05, 3.63) is 83.3 Å². The number of rotatable bonds is 9. The lowest BCUT2D eigenvalue weighted by Gasteiger charge is -2.29. The average molecular weight is 874 g/mol. The zero-order chi connectivity index (χ0) is 45.3. The fraction of sp³-hybridized carbons (Fsp3) is 0.457. The highest BCUT2D eigenvalue weighted by Crippen LogP contribution is 2.39. The molecule has 1 aromatic heterocycles. The van der Waals surface area contributed by atoms with E-state index in [2.05, 4.69) is 22.5 Å². The first-order valence-corrected chi connectivity index (χ1v) is 22.4. The summed E-state index contributed by atoms with van der Waals surface area (Å²) in [5, 5.41) is 5.74. The summed E-state index contributed by atoms with van der Waals surface area (Å²) in [6.45, 7) is 14.1. The Morgan fingerprint density at radius 1 is 0.952 bits per heavy atom. The monoisotopic (exact) mass is 873 g/mol. The molecule has 2 atom stereocenters. The molecule has 2 N–H and O–H groups in total. The van der Waals surface area contributed by atoms with E-state index in [1.165, 1.54) is 23.1 Å². The SMILES string of the molecule is CCCCOc1ccc2cc1[C@H](C)CC(=O)Nc1ccc(S(=O)(=O)C3CC3)c(c1)CN(C)C(=O)C2Nc1ccc2c(N(C(=O)OC(C)(C)C)C(=O)OC(C)(C)C)ncc(F)c2c1. The molecule has 0 radical (unpaired) electrons. The smallest absolute Gasteiger partial charge is 0.425 e. The number of aromatic nitrogens is 1. The Morgan fingerprint density at radius 2 is 1.63 bits per heavy atom. The third kappa shape index (κ3) is 10.6. The van der Waals surface area contributed by atoms with Crippen LogP contribution in [0.1, 0.15) is 116 Å². The quantitative estimate of drug-likeness (QED) is 0.153. The van der Waals surface area contributed by atoms with Crippen LogP contribution < -0.4 is 20.3 Å². The molecule has 4 bridgehead atoms. The average Bonchev–Trinajstić information content (AvgIpc) is 4.03. The second-order valence-corrected chi connectivity index (χ2v) is 20.2. The Balaban J connectivity index is 1.46. The van der Waals surface area contributed by atoms with Crippen LogP contribution in [0.2, 0.25) is 0 Å². The van der Waals surface area contributed by atoms with Gasteiger partial charge in [0.1, 0.15) is 28.8 Å². The number of fused-ring (bicyclic) bond motifs is 5. The van der Waals surface area contributed by atoms with E-state index in [1.54, 1.807) is 78.9 Å². The fourth-order valence-corrected chi connectivity index (χ4v) is 9.00. The van der Waals surface area contributed by atoms with E-state index in [0.29, 0.717) is 58.2 Å². The van der Waals surface area contributed by atoms with Crippen LogP contribution in [0.25, 0.3) is 10.8 Å². The maximum absolute atomic E-state index is 15.8. The Hall–Kier alpha value is -5.77. The lowest BCUT2D eigenvalue weighted by molar-refractivity contribution is -0.131. The first-order valence-electron chi connectivity index (χ1n) is 20.9. The molecule has 62 heavy (non-hydrogen) atoms. The number of benzene rings is 3. The van der Waals surface area contributed by atoms with Gasteiger partial charge < -0.3 is 29.7 Å². The van der Waals surface area contributed by atoms with Crippen LogP contribution in [-0.4, -0.2) is 72.4 Å². The van der Waals surface area contributed by atoms with Crippen molar-refractivity contribution in [3.8, 4) is 5.75 Å². The molecule has 2 heterocycles. The molecule has 1 unspecified atom stereocenters. The summed E-state index contributed by atoms with van der Waals surface area (Å²) in [5.74, 6) is -1.55. The number of hydrogen-bond donors (Lipinski definition) is 2. The minimum Gasteiger partial charge on any atom is -0.493 e. The molecule has 4 amide bonds.